The summed E-state index contributed by atoms with van der Waals surface area (Å²) in [5.74, 6) is 0.624. The molecule has 0 amide bonds. The SMILES string of the molecule is Cc1c(-c2ccncc2)nc2n(c1=O)CCCN2CC(O)c1ccccc1. The minimum absolute atomic E-state index is 0.0225. The van der Waals surface area contributed by atoms with Crippen molar-refractivity contribution in [2.24, 2.45) is 0 Å². The normalized spacial score (nSPS) is 14.7. The van der Waals surface area contributed by atoms with Gasteiger partial charge in [0.1, 0.15) is 0 Å². The van der Waals surface area contributed by atoms with Gasteiger partial charge in [0.2, 0.25) is 5.95 Å². The molecule has 0 bridgehead atoms. The van der Waals surface area contributed by atoms with Crippen molar-refractivity contribution < 1.29 is 5.11 Å². The second kappa shape index (κ2) is 7.32. The maximum atomic E-state index is 12.9. The number of fused-ring (bicyclic) bond motifs is 1. The minimum Gasteiger partial charge on any atom is -0.387 e. The number of benzene rings is 1. The minimum atomic E-state index is -0.639. The molecule has 1 unspecified atom stereocenters. The van der Waals surface area contributed by atoms with Crippen LogP contribution in [0.3, 0.4) is 0 Å². The van der Waals surface area contributed by atoms with Crippen LogP contribution in [-0.4, -0.2) is 32.7 Å². The molecule has 0 saturated carbocycles. The number of hydrogen-bond donors (Lipinski definition) is 1. The Labute approximate surface area is 157 Å². The van der Waals surface area contributed by atoms with E-state index < -0.39 is 6.10 Å². The summed E-state index contributed by atoms with van der Waals surface area (Å²) in [7, 11) is 0. The van der Waals surface area contributed by atoms with E-state index in [-0.39, 0.29) is 5.56 Å². The van der Waals surface area contributed by atoms with Crippen LogP contribution in [0.2, 0.25) is 0 Å². The van der Waals surface area contributed by atoms with Gasteiger partial charge in [-0.05, 0) is 31.0 Å². The number of rotatable bonds is 4. The van der Waals surface area contributed by atoms with Crippen molar-refractivity contribution in [3.05, 3.63) is 76.3 Å². The highest BCUT2D eigenvalue weighted by Gasteiger charge is 2.25. The van der Waals surface area contributed by atoms with Crippen molar-refractivity contribution in [3.8, 4) is 11.3 Å². The summed E-state index contributed by atoms with van der Waals surface area (Å²) < 4.78 is 1.72. The number of nitrogens with zero attached hydrogens (tertiary/aromatic N) is 4. The van der Waals surface area contributed by atoms with Crippen LogP contribution in [0.4, 0.5) is 5.95 Å². The number of β-amino-alcohol motifs (C(OH)–C–C–N with tert-alkyl or cyclic N) is 1. The van der Waals surface area contributed by atoms with E-state index in [9.17, 15) is 9.90 Å². The van der Waals surface area contributed by atoms with Crippen LogP contribution < -0.4 is 10.5 Å². The van der Waals surface area contributed by atoms with Crippen molar-refractivity contribution in [1.82, 2.24) is 14.5 Å². The summed E-state index contributed by atoms with van der Waals surface area (Å²) in [6.07, 6.45) is 3.61. The van der Waals surface area contributed by atoms with E-state index in [1.54, 1.807) is 17.0 Å². The van der Waals surface area contributed by atoms with Crippen LogP contribution >= 0.6 is 0 Å². The van der Waals surface area contributed by atoms with Gasteiger partial charge in [-0.1, -0.05) is 30.3 Å². The van der Waals surface area contributed by atoms with E-state index in [1.807, 2.05) is 54.3 Å². The van der Waals surface area contributed by atoms with Crippen LogP contribution in [0.1, 0.15) is 23.7 Å². The van der Waals surface area contributed by atoms with Crippen LogP contribution in [0, 0.1) is 6.92 Å². The van der Waals surface area contributed by atoms with Crippen molar-refractivity contribution >= 4 is 5.95 Å². The Hall–Kier alpha value is -2.99. The fraction of sp³-hybridized carbons (Fsp3) is 0.286. The smallest absolute Gasteiger partial charge is 0.258 e. The van der Waals surface area contributed by atoms with Gasteiger partial charge < -0.3 is 10.0 Å². The van der Waals surface area contributed by atoms with Crippen LogP contribution in [0.25, 0.3) is 11.3 Å². The molecule has 1 atom stereocenters. The predicted octanol–water partition coefficient (Wildman–Crippen LogP) is 2.56. The standard InChI is InChI=1S/C21H22N4O2/c1-15-19(17-8-10-22-11-9-17)23-21-24(12-5-13-25(21)20(15)27)14-18(26)16-6-3-2-4-7-16/h2-4,6-11,18,26H,5,12-14H2,1H3. The highest BCUT2D eigenvalue weighted by atomic mass is 16.3. The Morgan fingerprint density at radius 3 is 2.59 bits per heavy atom. The fourth-order valence-corrected chi connectivity index (χ4v) is 3.55. The Bertz CT molecular complexity index is 986. The largest absolute Gasteiger partial charge is 0.387 e. The number of aliphatic hydroxyl groups excluding tert-OH is 1. The Morgan fingerprint density at radius 1 is 1.11 bits per heavy atom. The Morgan fingerprint density at radius 2 is 1.85 bits per heavy atom. The molecule has 3 heterocycles. The number of anilines is 1. The van der Waals surface area contributed by atoms with Gasteiger partial charge in [0.25, 0.3) is 5.56 Å². The van der Waals surface area contributed by atoms with Crippen LogP contribution in [-0.2, 0) is 6.54 Å². The molecule has 27 heavy (non-hydrogen) atoms. The third-order valence-corrected chi connectivity index (χ3v) is 5.00. The van der Waals surface area contributed by atoms with E-state index in [4.69, 9.17) is 4.98 Å². The predicted molar refractivity (Wildman–Crippen MR) is 105 cm³/mol. The third kappa shape index (κ3) is 3.36. The van der Waals surface area contributed by atoms with Crippen LogP contribution in [0.15, 0.2) is 59.7 Å². The van der Waals surface area contributed by atoms with E-state index in [2.05, 4.69) is 4.98 Å². The van der Waals surface area contributed by atoms with Gasteiger partial charge in [0.05, 0.1) is 18.3 Å². The van der Waals surface area contributed by atoms with E-state index in [1.165, 1.54) is 0 Å². The summed E-state index contributed by atoms with van der Waals surface area (Å²) in [4.78, 5) is 23.8. The fourth-order valence-electron chi connectivity index (χ4n) is 3.55. The first-order valence-electron chi connectivity index (χ1n) is 9.15. The van der Waals surface area contributed by atoms with Gasteiger partial charge >= 0.3 is 0 Å². The first kappa shape index (κ1) is 17.4. The van der Waals surface area contributed by atoms with E-state index in [0.29, 0.717) is 30.3 Å². The molecule has 0 fully saturated rings. The maximum Gasteiger partial charge on any atom is 0.258 e. The summed E-state index contributed by atoms with van der Waals surface area (Å²) in [5.41, 5.74) is 3.02. The molecule has 2 aromatic heterocycles. The molecular weight excluding hydrogens is 340 g/mol. The molecule has 0 aliphatic carbocycles. The number of aliphatic hydroxyl groups is 1. The highest BCUT2D eigenvalue weighted by Crippen LogP contribution is 2.26. The Balaban J connectivity index is 1.73. The molecule has 138 valence electrons. The number of hydrogen-bond acceptors (Lipinski definition) is 5. The lowest BCUT2D eigenvalue weighted by Gasteiger charge is -2.33. The van der Waals surface area contributed by atoms with Gasteiger partial charge in [-0.2, -0.15) is 0 Å². The molecule has 0 radical (unpaired) electrons. The van der Waals surface area contributed by atoms with Crippen molar-refractivity contribution in [2.45, 2.75) is 26.0 Å². The third-order valence-electron chi connectivity index (χ3n) is 5.00. The van der Waals surface area contributed by atoms with Gasteiger partial charge in [-0.15, -0.1) is 0 Å². The lowest BCUT2D eigenvalue weighted by molar-refractivity contribution is 0.181. The molecular formula is C21H22N4O2. The summed E-state index contributed by atoms with van der Waals surface area (Å²) in [5, 5.41) is 10.6. The summed E-state index contributed by atoms with van der Waals surface area (Å²) in [6, 6.07) is 13.3. The lowest BCUT2D eigenvalue weighted by atomic mass is 10.1. The Kier molecular flexibility index (Phi) is 4.73. The molecule has 1 aromatic carbocycles. The molecule has 3 aromatic rings. The van der Waals surface area contributed by atoms with E-state index in [0.717, 1.165) is 24.1 Å². The average Bonchev–Trinajstić information content (AvgIpc) is 2.72. The van der Waals surface area contributed by atoms with E-state index >= 15 is 0 Å². The molecule has 0 saturated heterocycles. The zero-order chi connectivity index (χ0) is 18.8. The second-order valence-corrected chi connectivity index (χ2v) is 6.80. The van der Waals surface area contributed by atoms with Gasteiger partial charge in [0.15, 0.2) is 0 Å². The summed E-state index contributed by atoms with van der Waals surface area (Å²) >= 11 is 0. The molecule has 4 rings (SSSR count). The first-order valence-corrected chi connectivity index (χ1v) is 9.15. The topological polar surface area (TPSA) is 71.2 Å². The highest BCUT2D eigenvalue weighted by molar-refractivity contribution is 5.63. The first-order chi connectivity index (χ1) is 13.1. The molecule has 1 aliphatic heterocycles. The molecule has 1 aliphatic rings. The quantitative estimate of drug-likeness (QED) is 0.772. The summed E-state index contributed by atoms with van der Waals surface area (Å²) in [6.45, 7) is 3.62. The van der Waals surface area contributed by atoms with Gasteiger partial charge in [-0.25, -0.2) is 4.98 Å². The lowest BCUT2D eigenvalue weighted by Crippen LogP contribution is -2.41. The van der Waals surface area contributed by atoms with Crippen LogP contribution in [0.5, 0.6) is 0 Å². The van der Waals surface area contributed by atoms with Crippen molar-refractivity contribution in [1.29, 1.82) is 0 Å². The van der Waals surface area contributed by atoms with Crippen molar-refractivity contribution in [2.75, 3.05) is 18.0 Å². The second-order valence-electron chi connectivity index (χ2n) is 6.80. The number of aromatic nitrogens is 3. The average molecular weight is 362 g/mol. The zero-order valence-electron chi connectivity index (χ0n) is 15.2. The number of pyridine rings is 1. The van der Waals surface area contributed by atoms with Crippen molar-refractivity contribution in [3.63, 3.8) is 0 Å². The maximum absolute atomic E-state index is 12.9. The van der Waals surface area contributed by atoms with Gasteiger partial charge in [0, 0.05) is 36.6 Å². The molecule has 6 nitrogen and oxygen atoms in total. The zero-order valence-corrected chi connectivity index (χ0v) is 15.2. The molecule has 1 N–H and O–H groups in total. The molecule has 6 heteroatoms. The van der Waals surface area contributed by atoms with Gasteiger partial charge in [-0.3, -0.25) is 14.3 Å². The molecule has 0 spiro atoms. The monoisotopic (exact) mass is 362 g/mol.